The summed E-state index contributed by atoms with van der Waals surface area (Å²) in [6, 6.07) is 4.51. The van der Waals surface area contributed by atoms with Crippen LogP contribution in [0.5, 0.6) is 0 Å². The topological polar surface area (TPSA) is 57.8 Å². The maximum absolute atomic E-state index is 13.0. The quantitative estimate of drug-likeness (QED) is 0.776. The van der Waals surface area contributed by atoms with Gasteiger partial charge < -0.3 is 10.3 Å². The molecule has 0 atom stereocenters. The molecule has 0 amide bonds. The van der Waals surface area contributed by atoms with Gasteiger partial charge in [-0.1, -0.05) is 22.7 Å². The summed E-state index contributed by atoms with van der Waals surface area (Å²) in [6.07, 6.45) is 0. The van der Waals surface area contributed by atoms with Gasteiger partial charge >= 0.3 is 4.87 Å². The molecule has 0 fully saturated rings. The smallest absolute Gasteiger partial charge is 0.304 e. The standard InChI is InChI=1S/C11H8FN3OS2/c12-6-1-2-8-9(3-6)18-10(15-8)13-4-7-5-17-11(16)14-7/h1-3,5H,4H2,(H,13,15)(H,14,16). The number of fused-ring (bicyclic) bond motifs is 1. The van der Waals surface area contributed by atoms with Crippen molar-refractivity contribution in [2.45, 2.75) is 6.54 Å². The number of aromatic nitrogens is 2. The Morgan fingerprint density at radius 3 is 3.11 bits per heavy atom. The van der Waals surface area contributed by atoms with Gasteiger partial charge in [-0.05, 0) is 18.2 Å². The molecule has 0 bridgehead atoms. The van der Waals surface area contributed by atoms with E-state index < -0.39 is 0 Å². The molecule has 7 heteroatoms. The van der Waals surface area contributed by atoms with E-state index in [1.54, 1.807) is 11.4 Å². The number of halogens is 1. The van der Waals surface area contributed by atoms with E-state index >= 15 is 0 Å². The third-order valence-electron chi connectivity index (χ3n) is 2.35. The molecular weight excluding hydrogens is 273 g/mol. The first-order chi connectivity index (χ1) is 8.70. The van der Waals surface area contributed by atoms with Crippen LogP contribution in [0.4, 0.5) is 9.52 Å². The summed E-state index contributed by atoms with van der Waals surface area (Å²) < 4.78 is 13.8. The summed E-state index contributed by atoms with van der Waals surface area (Å²) >= 11 is 2.52. The second-order valence-electron chi connectivity index (χ2n) is 3.66. The van der Waals surface area contributed by atoms with Crippen LogP contribution >= 0.6 is 22.7 Å². The zero-order valence-corrected chi connectivity index (χ0v) is 10.7. The van der Waals surface area contributed by atoms with Gasteiger partial charge in [0.25, 0.3) is 0 Å². The molecule has 0 spiro atoms. The van der Waals surface area contributed by atoms with Crippen molar-refractivity contribution in [2.24, 2.45) is 0 Å². The van der Waals surface area contributed by atoms with E-state index in [1.165, 1.54) is 23.5 Å². The number of hydrogen-bond acceptors (Lipinski definition) is 5. The molecule has 0 saturated carbocycles. The minimum atomic E-state index is -0.264. The minimum absolute atomic E-state index is 0.0711. The molecule has 1 aromatic carbocycles. The first-order valence-electron chi connectivity index (χ1n) is 5.17. The molecule has 0 saturated heterocycles. The molecule has 0 unspecified atom stereocenters. The minimum Gasteiger partial charge on any atom is -0.356 e. The molecule has 0 aliphatic heterocycles. The fraction of sp³-hybridized carbons (Fsp3) is 0.0909. The zero-order valence-electron chi connectivity index (χ0n) is 9.07. The Bertz CT molecular complexity index is 746. The van der Waals surface area contributed by atoms with Crippen LogP contribution in [0.25, 0.3) is 10.2 Å². The lowest BCUT2D eigenvalue weighted by atomic mass is 10.3. The largest absolute Gasteiger partial charge is 0.356 e. The van der Waals surface area contributed by atoms with E-state index in [-0.39, 0.29) is 10.7 Å². The first kappa shape index (κ1) is 11.4. The molecule has 2 N–H and O–H groups in total. The van der Waals surface area contributed by atoms with Crippen LogP contribution < -0.4 is 10.2 Å². The summed E-state index contributed by atoms with van der Waals surface area (Å²) in [5.41, 5.74) is 1.58. The SMILES string of the molecule is O=c1[nH]c(CNc2nc3ccc(F)cc3s2)cs1. The van der Waals surface area contributed by atoms with Gasteiger partial charge in [0.05, 0.1) is 16.8 Å². The molecule has 0 aliphatic rings. The van der Waals surface area contributed by atoms with Gasteiger partial charge in [0.1, 0.15) is 5.82 Å². The van der Waals surface area contributed by atoms with Crippen LogP contribution in [-0.2, 0) is 6.54 Å². The summed E-state index contributed by atoms with van der Waals surface area (Å²) in [5, 5.41) is 5.58. The van der Waals surface area contributed by atoms with E-state index in [4.69, 9.17) is 0 Å². The van der Waals surface area contributed by atoms with Crippen LogP contribution in [-0.4, -0.2) is 9.97 Å². The predicted molar refractivity (Wildman–Crippen MR) is 71.8 cm³/mol. The van der Waals surface area contributed by atoms with E-state index in [9.17, 15) is 9.18 Å². The normalized spacial score (nSPS) is 10.9. The van der Waals surface area contributed by atoms with Gasteiger partial charge in [-0.25, -0.2) is 9.37 Å². The maximum Gasteiger partial charge on any atom is 0.304 e. The number of rotatable bonds is 3. The van der Waals surface area contributed by atoms with E-state index in [0.717, 1.165) is 27.2 Å². The van der Waals surface area contributed by atoms with E-state index in [2.05, 4.69) is 15.3 Å². The van der Waals surface area contributed by atoms with Crippen molar-refractivity contribution in [3.63, 3.8) is 0 Å². The molecule has 2 aromatic heterocycles. The van der Waals surface area contributed by atoms with Gasteiger partial charge in [0, 0.05) is 11.1 Å². The highest BCUT2D eigenvalue weighted by atomic mass is 32.1. The lowest BCUT2D eigenvalue weighted by Gasteiger charge is -1.97. The molecular formula is C11H8FN3OS2. The van der Waals surface area contributed by atoms with Gasteiger partial charge in [-0.15, -0.1) is 0 Å². The number of H-pyrrole nitrogens is 1. The van der Waals surface area contributed by atoms with Gasteiger partial charge in [-0.2, -0.15) is 0 Å². The lowest BCUT2D eigenvalue weighted by molar-refractivity contribution is 0.630. The van der Waals surface area contributed by atoms with Gasteiger partial charge in [-0.3, -0.25) is 4.79 Å². The summed E-state index contributed by atoms with van der Waals surface area (Å²) in [7, 11) is 0. The fourth-order valence-corrected chi connectivity index (χ4v) is 3.01. The summed E-state index contributed by atoms with van der Waals surface area (Å²) in [6.45, 7) is 0.501. The zero-order chi connectivity index (χ0) is 12.5. The lowest BCUT2D eigenvalue weighted by Crippen LogP contribution is -2.02. The molecule has 3 rings (SSSR count). The van der Waals surface area contributed by atoms with Crippen LogP contribution in [0.2, 0.25) is 0 Å². The molecule has 18 heavy (non-hydrogen) atoms. The Labute approximate surface area is 109 Å². The van der Waals surface area contributed by atoms with Gasteiger partial charge in [0.2, 0.25) is 0 Å². The fourth-order valence-electron chi connectivity index (χ4n) is 1.55. The number of aromatic amines is 1. The highest BCUT2D eigenvalue weighted by Gasteiger charge is 2.05. The maximum atomic E-state index is 13.0. The van der Waals surface area contributed by atoms with Crippen molar-refractivity contribution in [1.29, 1.82) is 0 Å². The van der Waals surface area contributed by atoms with Gasteiger partial charge in [0.15, 0.2) is 5.13 Å². The molecule has 4 nitrogen and oxygen atoms in total. The van der Waals surface area contributed by atoms with E-state index in [0.29, 0.717) is 11.7 Å². The average Bonchev–Trinajstić information content (AvgIpc) is 2.92. The number of nitrogens with zero attached hydrogens (tertiary/aromatic N) is 1. The molecule has 0 aliphatic carbocycles. The number of nitrogens with one attached hydrogen (secondary N) is 2. The molecule has 92 valence electrons. The van der Waals surface area contributed by atoms with Crippen molar-refractivity contribution in [3.05, 3.63) is 44.8 Å². The Hall–Kier alpha value is -1.73. The van der Waals surface area contributed by atoms with Crippen LogP contribution in [0.3, 0.4) is 0 Å². The van der Waals surface area contributed by atoms with Crippen molar-refractivity contribution in [3.8, 4) is 0 Å². The third-order valence-corrected chi connectivity index (χ3v) is 4.05. The van der Waals surface area contributed by atoms with Crippen LogP contribution in [0, 0.1) is 5.82 Å². The molecule has 0 radical (unpaired) electrons. The Balaban J connectivity index is 1.80. The number of thiazole rings is 2. The second kappa shape index (κ2) is 4.51. The average molecular weight is 281 g/mol. The Morgan fingerprint density at radius 1 is 1.44 bits per heavy atom. The van der Waals surface area contributed by atoms with Crippen molar-refractivity contribution >= 4 is 38.0 Å². The number of anilines is 1. The summed E-state index contributed by atoms with van der Waals surface area (Å²) in [4.78, 5) is 17.9. The Kier molecular flexibility index (Phi) is 2.85. The van der Waals surface area contributed by atoms with Crippen LogP contribution in [0.15, 0.2) is 28.4 Å². The van der Waals surface area contributed by atoms with Crippen LogP contribution in [0.1, 0.15) is 5.69 Å². The highest BCUT2D eigenvalue weighted by molar-refractivity contribution is 7.22. The van der Waals surface area contributed by atoms with Crippen molar-refractivity contribution < 1.29 is 4.39 Å². The van der Waals surface area contributed by atoms with Crippen molar-refractivity contribution in [2.75, 3.05) is 5.32 Å². The first-order valence-corrected chi connectivity index (χ1v) is 6.87. The highest BCUT2D eigenvalue weighted by Crippen LogP contribution is 2.26. The molecule has 3 aromatic rings. The van der Waals surface area contributed by atoms with Crippen molar-refractivity contribution in [1.82, 2.24) is 9.97 Å². The monoisotopic (exact) mass is 281 g/mol. The number of hydrogen-bond donors (Lipinski definition) is 2. The third kappa shape index (κ3) is 2.27. The predicted octanol–water partition coefficient (Wildman–Crippen LogP) is 2.80. The second-order valence-corrected chi connectivity index (χ2v) is 5.53. The summed E-state index contributed by atoms with van der Waals surface area (Å²) in [5.74, 6) is -0.264. The van der Waals surface area contributed by atoms with E-state index in [1.807, 2.05) is 0 Å². The molecule has 2 heterocycles. The Morgan fingerprint density at radius 2 is 2.33 bits per heavy atom. The number of benzene rings is 1.